The van der Waals surface area contributed by atoms with Crippen LogP contribution in [0, 0.1) is 0 Å². The number of alkyl halides is 2. The van der Waals surface area contributed by atoms with E-state index in [1.807, 2.05) is 30.3 Å². The summed E-state index contributed by atoms with van der Waals surface area (Å²) in [4.78, 5) is 16.6. The van der Waals surface area contributed by atoms with Crippen LogP contribution >= 0.6 is 0 Å². The van der Waals surface area contributed by atoms with E-state index in [9.17, 15) is 13.6 Å². The van der Waals surface area contributed by atoms with Crippen molar-refractivity contribution in [3.8, 4) is 5.75 Å². The van der Waals surface area contributed by atoms with Crippen molar-refractivity contribution in [2.45, 2.75) is 35.1 Å². The molecular formula is C20H21AsF2NO2. The van der Waals surface area contributed by atoms with Crippen LogP contribution in [0.2, 0.25) is 5.21 Å². The first-order chi connectivity index (χ1) is 12.7. The summed E-state index contributed by atoms with van der Waals surface area (Å²) in [7, 11) is 0. The second-order valence-corrected chi connectivity index (χ2v) is 9.06. The average Bonchev–Trinajstić information content (AvgIpc) is 2.87. The molecule has 0 bridgehead atoms. The molecule has 1 unspecified atom stereocenters. The standard InChI is InChI=1S/C20H21AsF2NO2/c22-20(23)13-21-18(9-11-25)15-5-3-4-14(12-15)16-8-10-24-26-19-7-2-1-6-17(16)19/h1-7,11-12,16,18,20,24H,8-10,13H2/t16?,18-/m0/s1. The summed E-state index contributed by atoms with van der Waals surface area (Å²) in [5.74, 6) is 0.984. The van der Waals surface area contributed by atoms with Gasteiger partial charge >= 0.3 is 159 Å². The van der Waals surface area contributed by atoms with Crippen LogP contribution in [0.5, 0.6) is 5.75 Å². The second-order valence-electron chi connectivity index (χ2n) is 6.22. The fourth-order valence-electron chi connectivity index (χ4n) is 3.29. The molecule has 0 saturated carbocycles. The molecule has 2 aromatic carbocycles. The van der Waals surface area contributed by atoms with Crippen molar-refractivity contribution in [3.63, 3.8) is 0 Å². The molecule has 0 fully saturated rings. The van der Waals surface area contributed by atoms with Gasteiger partial charge in [0.05, 0.1) is 0 Å². The number of rotatable bonds is 7. The Morgan fingerprint density at radius 3 is 2.88 bits per heavy atom. The van der Waals surface area contributed by atoms with Gasteiger partial charge < -0.3 is 0 Å². The first-order valence-electron chi connectivity index (χ1n) is 8.66. The second kappa shape index (κ2) is 9.29. The van der Waals surface area contributed by atoms with Gasteiger partial charge in [-0.05, 0) is 0 Å². The molecular weight excluding hydrogens is 399 g/mol. The molecule has 3 rings (SSSR count). The van der Waals surface area contributed by atoms with Gasteiger partial charge in [0, 0.05) is 0 Å². The Hall–Kier alpha value is -1.71. The van der Waals surface area contributed by atoms with Crippen molar-refractivity contribution in [2.75, 3.05) is 6.54 Å². The Morgan fingerprint density at radius 2 is 2.08 bits per heavy atom. The van der Waals surface area contributed by atoms with Gasteiger partial charge in [-0.2, -0.15) is 0 Å². The number of aldehydes is 1. The number of hydrogen-bond donors (Lipinski definition) is 1. The normalized spacial score (nSPS) is 18.3. The Morgan fingerprint density at radius 1 is 1.23 bits per heavy atom. The van der Waals surface area contributed by atoms with E-state index in [0.717, 1.165) is 41.7 Å². The van der Waals surface area contributed by atoms with E-state index in [4.69, 9.17) is 4.84 Å². The molecule has 0 aromatic heterocycles. The van der Waals surface area contributed by atoms with Crippen molar-refractivity contribution in [1.29, 1.82) is 0 Å². The van der Waals surface area contributed by atoms with Crippen LogP contribution in [0.25, 0.3) is 0 Å². The average molecular weight is 420 g/mol. The monoisotopic (exact) mass is 420 g/mol. The van der Waals surface area contributed by atoms with Gasteiger partial charge in [0.25, 0.3) is 0 Å². The summed E-state index contributed by atoms with van der Waals surface area (Å²) in [5, 5.41) is -0.0940. The van der Waals surface area contributed by atoms with Gasteiger partial charge in [-0.15, -0.1) is 0 Å². The molecule has 2 atom stereocenters. The van der Waals surface area contributed by atoms with E-state index in [1.165, 1.54) is 0 Å². The van der Waals surface area contributed by atoms with Crippen molar-refractivity contribution >= 4 is 22.0 Å². The molecule has 26 heavy (non-hydrogen) atoms. The number of hydroxylamine groups is 1. The van der Waals surface area contributed by atoms with Gasteiger partial charge in [0.2, 0.25) is 0 Å². The van der Waals surface area contributed by atoms with Crippen LogP contribution < -0.4 is 10.3 Å². The zero-order valence-electron chi connectivity index (χ0n) is 14.3. The van der Waals surface area contributed by atoms with Gasteiger partial charge in [-0.1, -0.05) is 0 Å². The minimum atomic E-state index is -2.30. The van der Waals surface area contributed by atoms with Crippen LogP contribution in [-0.4, -0.2) is 35.0 Å². The van der Waals surface area contributed by atoms with E-state index in [0.29, 0.717) is 6.42 Å². The molecule has 0 aliphatic carbocycles. The topological polar surface area (TPSA) is 38.3 Å². The number of fused-ring (bicyclic) bond motifs is 1. The number of hydrogen-bond acceptors (Lipinski definition) is 3. The fraction of sp³-hybridized carbons (Fsp3) is 0.350. The van der Waals surface area contributed by atoms with Crippen molar-refractivity contribution in [1.82, 2.24) is 5.48 Å². The van der Waals surface area contributed by atoms with Crippen LogP contribution in [0.4, 0.5) is 8.78 Å². The number of para-hydroxylation sites is 1. The summed E-state index contributed by atoms with van der Waals surface area (Å²) >= 11 is -0.614. The van der Waals surface area contributed by atoms with Crippen molar-refractivity contribution < 1.29 is 18.4 Å². The van der Waals surface area contributed by atoms with Gasteiger partial charge in [-0.25, -0.2) is 0 Å². The number of carbonyl (C=O) groups excluding carboxylic acids is 1. The zero-order valence-corrected chi connectivity index (χ0v) is 16.2. The summed E-state index contributed by atoms with van der Waals surface area (Å²) in [6.07, 6.45) is -0.271. The van der Waals surface area contributed by atoms with Gasteiger partial charge in [0.1, 0.15) is 0 Å². The third-order valence-corrected chi connectivity index (χ3v) is 7.51. The molecule has 1 aliphatic rings. The van der Waals surface area contributed by atoms with E-state index in [1.54, 1.807) is 0 Å². The van der Waals surface area contributed by atoms with E-state index in [-0.39, 0.29) is 15.8 Å². The maximum absolute atomic E-state index is 12.6. The first-order valence-corrected chi connectivity index (χ1v) is 11.1. The van der Waals surface area contributed by atoms with Gasteiger partial charge in [-0.3, -0.25) is 0 Å². The van der Waals surface area contributed by atoms with Crippen LogP contribution in [0.3, 0.4) is 0 Å². The van der Waals surface area contributed by atoms with Crippen LogP contribution in [0.1, 0.15) is 40.2 Å². The molecule has 0 amide bonds. The van der Waals surface area contributed by atoms with Crippen LogP contribution in [0.15, 0.2) is 48.5 Å². The summed E-state index contributed by atoms with van der Waals surface area (Å²) in [6, 6.07) is 16.0. The predicted octanol–water partition coefficient (Wildman–Crippen LogP) is 4.12. The SMILES string of the molecule is O=CC[C@H]([As]CC(F)F)c1cccc(C2CCNOc3ccccc32)c1. The number of halogens is 2. The Balaban J connectivity index is 1.89. The molecule has 6 heteroatoms. The van der Waals surface area contributed by atoms with Crippen LogP contribution in [-0.2, 0) is 4.79 Å². The molecule has 1 heterocycles. The first kappa shape index (κ1) is 19.1. The quantitative estimate of drug-likeness (QED) is 0.541. The molecule has 0 spiro atoms. The summed E-state index contributed by atoms with van der Waals surface area (Å²) in [5.41, 5.74) is 6.21. The Kier molecular flexibility index (Phi) is 6.81. The summed E-state index contributed by atoms with van der Waals surface area (Å²) in [6.45, 7) is 0.721. The van der Waals surface area contributed by atoms with E-state index >= 15 is 0 Å². The zero-order chi connectivity index (χ0) is 18.4. The Labute approximate surface area is 158 Å². The number of nitrogens with one attached hydrogen (secondary N) is 1. The molecule has 0 saturated heterocycles. The third kappa shape index (κ3) is 4.71. The predicted molar refractivity (Wildman–Crippen MR) is 98.0 cm³/mol. The van der Waals surface area contributed by atoms with Crippen molar-refractivity contribution in [2.24, 2.45) is 0 Å². The molecule has 1 N–H and O–H groups in total. The van der Waals surface area contributed by atoms with Crippen molar-refractivity contribution in [3.05, 3.63) is 65.2 Å². The minimum absolute atomic E-state index is 0.0758. The van der Waals surface area contributed by atoms with E-state index < -0.39 is 22.2 Å². The molecule has 1 radical (unpaired) electrons. The molecule has 3 nitrogen and oxygen atoms in total. The van der Waals surface area contributed by atoms with Gasteiger partial charge in [0.15, 0.2) is 0 Å². The fourth-order valence-corrected chi connectivity index (χ4v) is 5.43. The maximum atomic E-state index is 12.6. The molecule has 1 aliphatic heterocycles. The Bertz CT molecular complexity index is 741. The summed E-state index contributed by atoms with van der Waals surface area (Å²) < 4.78 is 25.2. The van der Waals surface area contributed by atoms with E-state index in [2.05, 4.69) is 23.7 Å². The number of benzene rings is 2. The third-order valence-electron chi connectivity index (χ3n) is 4.49. The molecule has 2 aromatic rings. The number of carbonyl (C=O) groups is 1. The molecule has 137 valence electrons.